The molecule has 6 heteroatoms. The molecule has 2 aromatic rings. The van der Waals surface area contributed by atoms with Crippen LogP contribution in [0.25, 0.3) is 0 Å². The number of anilines is 1. The van der Waals surface area contributed by atoms with Gasteiger partial charge in [-0.25, -0.2) is 4.79 Å². The Morgan fingerprint density at radius 2 is 2.14 bits per heavy atom. The second kappa shape index (κ2) is 5.95. The fourth-order valence-corrected chi connectivity index (χ4v) is 1.96. The molecule has 0 saturated heterocycles. The zero-order valence-electron chi connectivity index (χ0n) is 11.8. The molecule has 0 bridgehead atoms. The van der Waals surface area contributed by atoms with Gasteiger partial charge in [-0.15, -0.1) is 0 Å². The number of nitrogens with zero attached hydrogens (tertiary/aromatic N) is 2. The van der Waals surface area contributed by atoms with Crippen molar-refractivity contribution in [2.75, 3.05) is 11.9 Å². The number of hydrogen-bond donors (Lipinski definition) is 1. The molecule has 0 radical (unpaired) electrons. The zero-order valence-corrected chi connectivity index (χ0v) is 11.8. The van der Waals surface area contributed by atoms with E-state index in [9.17, 15) is 4.79 Å². The van der Waals surface area contributed by atoms with Crippen molar-refractivity contribution in [1.29, 1.82) is 0 Å². The van der Waals surface area contributed by atoms with Crippen LogP contribution in [0.1, 0.15) is 47.8 Å². The molecule has 1 aliphatic carbocycles. The number of aromatic nitrogens is 2. The van der Waals surface area contributed by atoms with Gasteiger partial charge in [0.1, 0.15) is 0 Å². The first kappa shape index (κ1) is 13.6. The average Bonchev–Trinajstić information content (AvgIpc) is 3.25. The van der Waals surface area contributed by atoms with E-state index in [2.05, 4.69) is 15.5 Å². The van der Waals surface area contributed by atoms with Gasteiger partial charge in [0.2, 0.25) is 5.89 Å². The maximum absolute atomic E-state index is 11.5. The molecule has 3 rings (SSSR count). The van der Waals surface area contributed by atoms with Crippen LogP contribution in [0, 0.1) is 0 Å². The highest BCUT2D eigenvalue weighted by molar-refractivity contribution is 5.89. The largest absolute Gasteiger partial charge is 0.462 e. The summed E-state index contributed by atoms with van der Waals surface area (Å²) in [5.74, 6) is 1.57. The second-order valence-corrected chi connectivity index (χ2v) is 4.97. The normalized spacial score (nSPS) is 14.0. The molecule has 1 aliphatic rings. The van der Waals surface area contributed by atoms with E-state index in [0.717, 1.165) is 24.4 Å². The molecule has 110 valence electrons. The molecule has 1 aromatic heterocycles. The molecular formula is C15H17N3O3. The van der Waals surface area contributed by atoms with E-state index in [1.165, 1.54) is 0 Å². The summed E-state index contributed by atoms with van der Waals surface area (Å²) in [6, 6.07) is 7.10. The summed E-state index contributed by atoms with van der Waals surface area (Å²) < 4.78 is 10.1. The molecule has 0 unspecified atom stereocenters. The number of ether oxygens (including phenoxy) is 1. The van der Waals surface area contributed by atoms with Crippen molar-refractivity contribution in [3.05, 3.63) is 41.5 Å². The molecule has 1 fully saturated rings. The van der Waals surface area contributed by atoms with Crippen LogP contribution in [-0.4, -0.2) is 22.7 Å². The molecular weight excluding hydrogens is 270 g/mol. The number of carbonyl (C=O) groups is 1. The Kier molecular flexibility index (Phi) is 3.85. The quantitative estimate of drug-likeness (QED) is 0.823. The van der Waals surface area contributed by atoms with Crippen molar-refractivity contribution in [1.82, 2.24) is 10.1 Å². The molecule has 21 heavy (non-hydrogen) atoms. The maximum atomic E-state index is 11.5. The summed E-state index contributed by atoms with van der Waals surface area (Å²) in [4.78, 5) is 15.9. The summed E-state index contributed by atoms with van der Waals surface area (Å²) >= 11 is 0. The molecule has 1 saturated carbocycles. The molecule has 0 spiro atoms. The zero-order chi connectivity index (χ0) is 14.7. The smallest absolute Gasteiger partial charge is 0.338 e. The van der Waals surface area contributed by atoms with Crippen LogP contribution in [0.2, 0.25) is 0 Å². The standard InChI is InChI=1S/C15H17N3O3/c1-2-20-15(19)11-5-7-12(8-6-11)16-9-13-17-14(18-21-13)10-3-4-10/h5-8,10,16H,2-4,9H2,1H3. The first-order valence-electron chi connectivity index (χ1n) is 7.10. The Hall–Kier alpha value is -2.37. The van der Waals surface area contributed by atoms with E-state index in [1.54, 1.807) is 19.1 Å². The maximum Gasteiger partial charge on any atom is 0.338 e. The number of hydrogen-bond acceptors (Lipinski definition) is 6. The van der Waals surface area contributed by atoms with Gasteiger partial charge in [0.15, 0.2) is 5.82 Å². The van der Waals surface area contributed by atoms with Gasteiger partial charge in [0.05, 0.1) is 18.7 Å². The Bertz CT molecular complexity index is 617. The lowest BCUT2D eigenvalue weighted by Crippen LogP contribution is -2.05. The van der Waals surface area contributed by atoms with Crippen LogP contribution in [0.4, 0.5) is 5.69 Å². The van der Waals surface area contributed by atoms with E-state index in [4.69, 9.17) is 9.26 Å². The highest BCUT2D eigenvalue weighted by atomic mass is 16.5. The van der Waals surface area contributed by atoms with Crippen molar-refractivity contribution in [2.24, 2.45) is 0 Å². The lowest BCUT2D eigenvalue weighted by Gasteiger charge is -2.05. The molecule has 1 aromatic carbocycles. The lowest BCUT2D eigenvalue weighted by atomic mass is 10.2. The van der Waals surface area contributed by atoms with Gasteiger partial charge in [0, 0.05) is 11.6 Å². The lowest BCUT2D eigenvalue weighted by molar-refractivity contribution is 0.0526. The van der Waals surface area contributed by atoms with E-state index >= 15 is 0 Å². The van der Waals surface area contributed by atoms with E-state index in [0.29, 0.717) is 30.5 Å². The minimum atomic E-state index is -0.310. The SMILES string of the molecule is CCOC(=O)c1ccc(NCc2nc(C3CC3)no2)cc1. The predicted octanol–water partition coefficient (Wildman–Crippen LogP) is 2.74. The second-order valence-electron chi connectivity index (χ2n) is 4.97. The van der Waals surface area contributed by atoms with Crippen LogP contribution in [0.15, 0.2) is 28.8 Å². The Balaban J connectivity index is 1.55. The third-order valence-corrected chi connectivity index (χ3v) is 3.27. The van der Waals surface area contributed by atoms with Gasteiger partial charge in [-0.3, -0.25) is 0 Å². The Morgan fingerprint density at radius 1 is 1.38 bits per heavy atom. The van der Waals surface area contributed by atoms with Crippen molar-refractivity contribution in [3.8, 4) is 0 Å². The third-order valence-electron chi connectivity index (χ3n) is 3.27. The number of rotatable bonds is 6. The summed E-state index contributed by atoms with van der Waals surface area (Å²) in [6.45, 7) is 2.63. The molecule has 0 amide bonds. The minimum absolute atomic E-state index is 0.310. The first-order chi connectivity index (χ1) is 10.3. The topological polar surface area (TPSA) is 77.2 Å². The summed E-state index contributed by atoms with van der Waals surface area (Å²) in [6.07, 6.45) is 2.31. The Morgan fingerprint density at radius 3 is 2.81 bits per heavy atom. The van der Waals surface area contributed by atoms with Gasteiger partial charge in [0.25, 0.3) is 0 Å². The molecule has 6 nitrogen and oxygen atoms in total. The number of esters is 1. The van der Waals surface area contributed by atoms with Gasteiger partial charge in [-0.05, 0) is 44.0 Å². The van der Waals surface area contributed by atoms with Crippen LogP contribution in [0.5, 0.6) is 0 Å². The fraction of sp³-hybridized carbons (Fsp3) is 0.400. The molecule has 0 aliphatic heterocycles. The highest BCUT2D eigenvalue weighted by Crippen LogP contribution is 2.38. The van der Waals surface area contributed by atoms with E-state index in [-0.39, 0.29) is 5.97 Å². The fourth-order valence-electron chi connectivity index (χ4n) is 1.96. The van der Waals surface area contributed by atoms with Crippen LogP contribution in [-0.2, 0) is 11.3 Å². The monoisotopic (exact) mass is 287 g/mol. The van der Waals surface area contributed by atoms with Gasteiger partial charge in [-0.2, -0.15) is 4.98 Å². The molecule has 1 heterocycles. The van der Waals surface area contributed by atoms with E-state index < -0.39 is 0 Å². The molecule has 0 atom stereocenters. The number of carbonyl (C=O) groups excluding carboxylic acids is 1. The minimum Gasteiger partial charge on any atom is -0.462 e. The van der Waals surface area contributed by atoms with Crippen molar-refractivity contribution in [3.63, 3.8) is 0 Å². The molecule has 1 N–H and O–H groups in total. The third kappa shape index (κ3) is 3.39. The summed E-state index contributed by atoms with van der Waals surface area (Å²) in [7, 11) is 0. The van der Waals surface area contributed by atoms with Crippen LogP contribution >= 0.6 is 0 Å². The van der Waals surface area contributed by atoms with Gasteiger partial charge in [-0.1, -0.05) is 5.16 Å². The number of benzene rings is 1. The summed E-state index contributed by atoms with van der Waals surface area (Å²) in [5, 5.41) is 7.14. The van der Waals surface area contributed by atoms with Crippen molar-refractivity contribution in [2.45, 2.75) is 32.2 Å². The highest BCUT2D eigenvalue weighted by Gasteiger charge is 2.28. The van der Waals surface area contributed by atoms with Gasteiger partial charge < -0.3 is 14.6 Å². The van der Waals surface area contributed by atoms with Crippen LogP contribution in [0.3, 0.4) is 0 Å². The number of nitrogens with one attached hydrogen (secondary N) is 1. The van der Waals surface area contributed by atoms with Crippen molar-refractivity contribution >= 4 is 11.7 Å². The van der Waals surface area contributed by atoms with Crippen molar-refractivity contribution < 1.29 is 14.1 Å². The average molecular weight is 287 g/mol. The van der Waals surface area contributed by atoms with Crippen LogP contribution < -0.4 is 5.32 Å². The first-order valence-corrected chi connectivity index (χ1v) is 7.10. The predicted molar refractivity (Wildman–Crippen MR) is 76.0 cm³/mol. The Labute approximate surface area is 122 Å². The van der Waals surface area contributed by atoms with Gasteiger partial charge >= 0.3 is 5.97 Å². The summed E-state index contributed by atoms with van der Waals surface area (Å²) in [5.41, 5.74) is 1.42. The van der Waals surface area contributed by atoms with E-state index in [1.807, 2.05) is 12.1 Å².